The third kappa shape index (κ3) is 2.15. The molecule has 0 fully saturated rings. The van der Waals surface area contributed by atoms with Crippen molar-refractivity contribution in [1.82, 2.24) is 9.78 Å². The van der Waals surface area contributed by atoms with Crippen LogP contribution >= 0.6 is 0 Å². The highest BCUT2D eigenvalue weighted by atomic mass is 15.3. The molecule has 1 aromatic carbocycles. The fourth-order valence-electron chi connectivity index (χ4n) is 2.92. The monoisotopic (exact) mass is 270 g/mol. The summed E-state index contributed by atoms with van der Waals surface area (Å²) in [5, 5.41) is 8.00. The average Bonchev–Trinajstić information content (AvgIpc) is 2.68. The third-order valence-corrected chi connectivity index (χ3v) is 4.09. The number of benzene rings is 1. The molecule has 1 unspecified atom stereocenters. The van der Waals surface area contributed by atoms with Gasteiger partial charge in [-0.05, 0) is 30.9 Å². The van der Waals surface area contributed by atoms with Crippen LogP contribution in [-0.4, -0.2) is 16.3 Å². The first-order valence-electron chi connectivity index (χ1n) is 7.35. The highest BCUT2D eigenvalue weighted by Crippen LogP contribution is 2.35. The fraction of sp³-hybridized carbons (Fsp3) is 0.438. The number of nitrogen functional groups attached to an aromatic ring is 1. The number of fused-ring (bicyclic) bond motifs is 1. The van der Waals surface area contributed by atoms with Gasteiger partial charge in [0.15, 0.2) is 0 Å². The molecular weight excluding hydrogens is 248 g/mol. The normalized spacial score (nSPS) is 16.6. The van der Waals surface area contributed by atoms with Gasteiger partial charge in [-0.2, -0.15) is 5.10 Å². The van der Waals surface area contributed by atoms with Gasteiger partial charge in [-0.25, -0.2) is 4.68 Å². The molecule has 0 radical (unpaired) electrons. The molecule has 4 nitrogen and oxygen atoms in total. The van der Waals surface area contributed by atoms with Crippen LogP contribution in [0.5, 0.6) is 0 Å². The Morgan fingerprint density at radius 3 is 2.95 bits per heavy atom. The van der Waals surface area contributed by atoms with Crippen LogP contribution in [0.3, 0.4) is 0 Å². The smallest absolute Gasteiger partial charge is 0.148 e. The minimum atomic E-state index is 0.593. The summed E-state index contributed by atoms with van der Waals surface area (Å²) >= 11 is 0. The summed E-state index contributed by atoms with van der Waals surface area (Å²) in [6, 6.07) is 8.67. The van der Waals surface area contributed by atoms with Gasteiger partial charge in [-0.3, -0.25) is 0 Å². The van der Waals surface area contributed by atoms with Crippen LogP contribution < -0.4 is 11.1 Å². The molecule has 2 aromatic rings. The van der Waals surface area contributed by atoms with Crippen molar-refractivity contribution in [1.29, 1.82) is 0 Å². The summed E-state index contributed by atoms with van der Waals surface area (Å²) in [7, 11) is 0. The highest BCUT2D eigenvalue weighted by molar-refractivity contribution is 5.65. The lowest BCUT2D eigenvalue weighted by molar-refractivity contribution is 0.591. The van der Waals surface area contributed by atoms with Gasteiger partial charge in [-0.1, -0.05) is 31.2 Å². The van der Waals surface area contributed by atoms with E-state index in [-0.39, 0.29) is 0 Å². The van der Waals surface area contributed by atoms with Crippen LogP contribution in [0.2, 0.25) is 0 Å². The molecule has 0 aliphatic heterocycles. The van der Waals surface area contributed by atoms with Crippen molar-refractivity contribution >= 4 is 11.5 Å². The molecule has 0 bridgehead atoms. The maximum Gasteiger partial charge on any atom is 0.148 e. The number of nitrogens with two attached hydrogens (primary N) is 1. The molecule has 0 saturated carbocycles. The number of aromatic nitrogens is 2. The highest BCUT2D eigenvalue weighted by Gasteiger charge is 2.25. The molecule has 1 heterocycles. The zero-order chi connectivity index (χ0) is 14.1. The van der Waals surface area contributed by atoms with Crippen LogP contribution in [0.4, 0.5) is 11.5 Å². The van der Waals surface area contributed by atoms with Gasteiger partial charge >= 0.3 is 0 Å². The number of aryl methyl sites for hydroxylation is 2. The van der Waals surface area contributed by atoms with Crippen molar-refractivity contribution in [3.63, 3.8) is 0 Å². The summed E-state index contributed by atoms with van der Waals surface area (Å²) in [5.74, 6) is 1.57. The first-order valence-corrected chi connectivity index (χ1v) is 7.35. The SMILES string of the molecule is CCCn1nc(C)c(N)c1NCC1Cc2ccccc21. The molecule has 0 amide bonds. The van der Waals surface area contributed by atoms with E-state index in [0.717, 1.165) is 43.1 Å². The van der Waals surface area contributed by atoms with Crippen LogP contribution in [0, 0.1) is 6.92 Å². The fourth-order valence-corrected chi connectivity index (χ4v) is 2.92. The second-order valence-electron chi connectivity index (χ2n) is 5.55. The number of nitrogens with one attached hydrogen (secondary N) is 1. The maximum absolute atomic E-state index is 6.13. The van der Waals surface area contributed by atoms with E-state index < -0.39 is 0 Å². The summed E-state index contributed by atoms with van der Waals surface area (Å²) in [5.41, 5.74) is 10.8. The molecule has 3 rings (SSSR count). The predicted molar refractivity (Wildman–Crippen MR) is 83.0 cm³/mol. The second kappa shape index (κ2) is 5.19. The van der Waals surface area contributed by atoms with Crippen LogP contribution in [-0.2, 0) is 13.0 Å². The van der Waals surface area contributed by atoms with E-state index in [9.17, 15) is 0 Å². The van der Waals surface area contributed by atoms with Gasteiger partial charge < -0.3 is 11.1 Å². The summed E-state index contributed by atoms with van der Waals surface area (Å²) < 4.78 is 2.00. The second-order valence-corrected chi connectivity index (χ2v) is 5.55. The van der Waals surface area contributed by atoms with Gasteiger partial charge in [0.05, 0.1) is 11.4 Å². The number of hydrogen-bond acceptors (Lipinski definition) is 3. The van der Waals surface area contributed by atoms with Gasteiger partial charge in [0.1, 0.15) is 5.82 Å². The Morgan fingerprint density at radius 1 is 1.40 bits per heavy atom. The van der Waals surface area contributed by atoms with Crippen molar-refractivity contribution in [2.45, 2.75) is 39.2 Å². The quantitative estimate of drug-likeness (QED) is 0.878. The number of rotatable bonds is 5. The van der Waals surface area contributed by atoms with E-state index in [0.29, 0.717) is 5.92 Å². The molecule has 0 saturated heterocycles. The molecule has 106 valence electrons. The number of anilines is 2. The van der Waals surface area contributed by atoms with Crippen molar-refractivity contribution in [2.24, 2.45) is 0 Å². The number of hydrogen-bond donors (Lipinski definition) is 2. The Bertz CT molecular complexity index is 615. The summed E-state index contributed by atoms with van der Waals surface area (Å²) in [6.07, 6.45) is 2.21. The third-order valence-electron chi connectivity index (χ3n) is 4.09. The first kappa shape index (κ1) is 13.0. The Balaban J connectivity index is 1.71. The van der Waals surface area contributed by atoms with E-state index in [1.165, 1.54) is 11.1 Å². The minimum Gasteiger partial charge on any atom is -0.394 e. The van der Waals surface area contributed by atoms with Crippen molar-refractivity contribution in [2.75, 3.05) is 17.6 Å². The molecule has 1 atom stereocenters. The average molecular weight is 270 g/mol. The Labute approximate surface area is 120 Å². The molecule has 4 heteroatoms. The topological polar surface area (TPSA) is 55.9 Å². The zero-order valence-electron chi connectivity index (χ0n) is 12.2. The van der Waals surface area contributed by atoms with E-state index in [4.69, 9.17) is 5.73 Å². The molecule has 0 spiro atoms. The Kier molecular flexibility index (Phi) is 3.38. The van der Waals surface area contributed by atoms with Gasteiger partial charge in [-0.15, -0.1) is 0 Å². The standard InChI is InChI=1S/C16H22N4/c1-3-8-20-16(15(17)11(2)19-20)18-10-13-9-12-6-4-5-7-14(12)13/h4-7,13,18H,3,8-10,17H2,1-2H3. The van der Waals surface area contributed by atoms with Crippen molar-refractivity contribution < 1.29 is 0 Å². The predicted octanol–water partition coefficient (Wildman–Crippen LogP) is 2.94. The molecule has 1 aliphatic carbocycles. The number of nitrogens with zero attached hydrogens (tertiary/aromatic N) is 2. The van der Waals surface area contributed by atoms with Gasteiger partial charge in [0, 0.05) is 19.0 Å². The maximum atomic E-state index is 6.13. The molecule has 1 aromatic heterocycles. The summed E-state index contributed by atoms with van der Waals surface area (Å²) in [6.45, 7) is 5.95. The Morgan fingerprint density at radius 2 is 2.20 bits per heavy atom. The van der Waals surface area contributed by atoms with Crippen molar-refractivity contribution in [3.05, 3.63) is 41.1 Å². The molecule has 3 N–H and O–H groups in total. The van der Waals surface area contributed by atoms with Gasteiger partial charge in [0.2, 0.25) is 0 Å². The zero-order valence-corrected chi connectivity index (χ0v) is 12.2. The Hall–Kier alpha value is -1.97. The van der Waals surface area contributed by atoms with E-state index in [1.807, 2.05) is 11.6 Å². The minimum absolute atomic E-state index is 0.593. The van der Waals surface area contributed by atoms with Crippen LogP contribution in [0.15, 0.2) is 24.3 Å². The lowest BCUT2D eigenvalue weighted by Gasteiger charge is -2.30. The van der Waals surface area contributed by atoms with E-state index in [2.05, 4.69) is 41.6 Å². The lowest BCUT2D eigenvalue weighted by atomic mass is 9.77. The van der Waals surface area contributed by atoms with Crippen LogP contribution in [0.1, 0.15) is 36.1 Å². The van der Waals surface area contributed by atoms with Crippen LogP contribution in [0.25, 0.3) is 0 Å². The first-order chi connectivity index (χ1) is 9.70. The molecular formula is C16H22N4. The van der Waals surface area contributed by atoms with Crippen molar-refractivity contribution in [3.8, 4) is 0 Å². The molecule has 20 heavy (non-hydrogen) atoms. The summed E-state index contributed by atoms with van der Waals surface area (Å²) in [4.78, 5) is 0. The largest absolute Gasteiger partial charge is 0.394 e. The van der Waals surface area contributed by atoms with E-state index in [1.54, 1.807) is 0 Å². The van der Waals surface area contributed by atoms with Gasteiger partial charge in [0.25, 0.3) is 0 Å². The molecule has 1 aliphatic rings. The van der Waals surface area contributed by atoms with E-state index >= 15 is 0 Å². The lowest BCUT2D eigenvalue weighted by Crippen LogP contribution is -2.25.